The normalized spacial score (nSPS) is 20.2. The lowest BCUT2D eigenvalue weighted by Crippen LogP contribution is -2.17. The molecule has 0 atom stereocenters. The summed E-state index contributed by atoms with van der Waals surface area (Å²) in [4.78, 5) is 9.32. The molecule has 110 valence electrons. The fourth-order valence-corrected chi connectivity index (χ4v) is 4.00. The van der Waals surface area contributed by atoms with Crippen LogP contribution in [-0.4, -0.2) is 21.3 Å². The molecule has 1 aromatic heterocycles. The van der Waals surface area contributed by atoms with E-state index in [-0.39, 0.29) is 0 Å². The Morgan fingerprint density at radius 1 is 1.15 bits per heavy atom. The number of aryl methyl sites for hydroxylation is 1. The van der Waals surface area contributed by atoms with E-state index in [4.69, 9.17) is 4.98 Å². The molecule has 2 saturated carbocycles. The lowest BCUT2D eigenvalue weighted by atomic mass is 10.0. The van der Waals surface area contributed by atoms with Gasteiger partial charge in [-0.2, -0.15) is 11.8 Å². The van der Waals surface area contributed by atoms with Crippen LogP contribution in [0.1, 0.15) is 62.2 Å². The van der Waals surface area contributed by atoms with E-state index < -0.39 is 0 Å². The monoisotopic (exact) mass is 291 g/mol. The van der Waals surface area contributed by atoms with Crippen LogP contribution in [0.25, 0.3) is 0 Å². The Morgan fingerprint density at radius 3 is 2.70 bits per heavy atom. The maximum atomic E-state index is 4.72. The third-order valence-electron chi connectivity index (χ3n) is 4.10. The summed E-state index contributed by atoms with van der Waals surface area (Å²) >= 11 is 2.06. The van der Waals surface area contributed by atoms with E-state index in [1.807, 2.05) is 0 Å². The van der Waals surface area contributed by atoms with E-state index in [1.54, 1.807) is 0 Å². The minimum atomic E-state index is 0.741. The molecule has 0 amide bonds. The quantitative estimate of drug-likeness (QED) is 0.869. The maximum Gasteiger partial charge on any atom is 0.138 e. The van der Waals surface area contributed by atoms with Gasteiger partial charge in [-0.1, -0.05) is 19.3 Å². The van der Waals surface area contributed by atoms with Gasteiger partial charge in [0, 0.05) is 23.5 Å². The number of thioether (sulfide) groups is 1. The first kappa shape index (κ1) is 14.3. The molecule has 0 unspecified atom stereocenters. The molecule has 2 aliphatic rings. The van der Waals surface area contributed by atoms with E-state index in [0.717, 1.165) is 40.8 Å². The molecule has 1 N–H and O–H groups in total. The van der Waals surface area contributed by atoms with E-state index in [2.05, 4.69) is 35.1 Å². The molecule has 0 spiro atoms. The number of hydrogen-bond acceptors (Lipinski definition) is 4. The van der Waals surface area contributed by atoms with Crippen LogP contribution < -0.4 is 5.32 Å². The van der Waals surface area contributed by atoms with Gasteiger partial charge < -0.3 is 5.32 Å². The molecule has 4 heteroatoms. The zero-order chi connectivity index (χ0) is 13.8. The van der Waals surface area contributed by atoms with Gasteiger partial charge in [0.2, 0.25) is 0 Å². The predicted molar refractivity (Wildman–Crippen MR) is 84.8 cm³/mol. The molecule has 2 aliphatic carbocycles. The summed E-state index contributed by atoms with van der Waals surface area (Å²) in [7, 11) is 0. The third-order valence-corrected chi connectivity index (χ3v) is 5.47. The van der Waals surface area contributed by atoms with Crippen molar-refractivity contribution in [3.8, 4) is 0 Å². The van der Waals surface area contributed by atoms with Crippen molar-refractivity contribution in [3.63, 3.8) is 0 Å². The SMILES string of the molecule is Cc1cc(CNC2CC2)nc(CSC2CCCCC2)n1. The molecule has 0 bridgehead atoms. The Hall–Kier alpha value is -0.610. The Labute approximate surface area is 126 Å². The molecule has 3 nitrogen and oxygen atoms in total. The van der Waals surface area contributed by atoms with Crippen LogP contribution in [-0.2, 0) is 12.3 Å². The van der Waals surface area contributed by atoms with E-state index in [0.29, 0.717) is 0 Å². The molecule has 20 heavy (non-hydrogen) atoms. The van der Waals surface area contributed by atoms with Gasteiger partial charge >= 0.3 is 0 Å². The zero-order valence-electron chi connectivity index (χ0n) is 12.4. The van der Waals surface area contributed by atoms with Crippen molar-refractivity contribution < 1.29 is 0 Å². The fraction of sp³-hybridized carbons (Fsp3) is 0.750. The predicted octanol–water partition coefficient (Wildman–Crippen LogP) is 3.60. The van der Waals surface area contributed by atoms with Gasteiger partial charge in [-0.3, -0.25) is 0 Å². The van der Waals surface area contributed by atoms with Crippen molar-refractivity contribution in [2.45, 2.75) is 75.5 Å². The number of nitrogens with zero attached hydrogens (tertiary/aromatic N) is 2. The second-order valence-electron chi connectivity index (χ2n) is 6.14. The van der Waals surface area contributed by atoms with Crippen LogP contribution in [0.2, 0.25) is 0 Å². The highest BCUT2D eigenvalue weighted by Crippen LogP contribution is 2.29. The minimum absolute atomic E-state index is 0.741. The average Bonchev–Trinajstić information content (AvgIpc) is 3.28. The zero-order valence-corrected chi connectivity index (χ0v) is 13.2. The second-order valence-corrected chi connectivity index (χ2v) is 7.43. The standard InChI is InChI=1S/C16H25N3S/c1-12-9-14(10-17-13-7-8-13)19-16(18-12)11-20-15-5-3-2-4-6-15/h9,13,15,17H,2-8,10-11H2,1H3. The highest BCUT2D eigenvalue weighted by Gasteiger charge is 2.20. The smallest absolute Gasteiger partial charge is 0.138 e. The third kappa shape index (κ3) is 4.45. The number of aromatic nitrogens is 2. The van der Waals surface area contributed by atoms with Crippen LogP contribution in [0, 0.1) is 6.92 Å². The summed E-state index contributed by atoms with van der Waals surface area (Å²) in [6.45, 7) is 2.98. The van der Waals surface area contributed by atoms with E-state index >= 15 is 0 Å². The summed E-state index contributed by atoms with van der Waals surface area (Å²) in [6, 6.07) is 2.86. The topological polar surface area (TPSA) is 37.8 Å². The highest BCUT2D eigenvalue weighted by molar-refractivity contribution is 7.99. The van der Waals surface area contributed by atoms with Gasteiger partial charge in [-0.05, 0) is 38.7 Å². The first-order valence-corrected chi connectivity index (χ1v) is 9.03. The number of hydrogen-bond donors (Lipinski definition) is 1. The number of nitrogens with one attached hydrogen (secondary N) is 1. The first-order valence-electron chi connectivity index (χ1n) is 7.98. The Balaban J connectivity index is 1.53. The van der Waals surface area contributed by atoms with Crippen LogP contribution in [0.5, 0.6) is 0 Å². The fourth-order valence-electron chi connectivity index (χ4n) is 2.82. The van der Waals surface area contributed by atoms with Crippen molar-refractivity contribution in [2.24, 2.45) is 0 Å². The molecular weight excluding hydrogens is 266 g/mol. The Bertz CT molecular complexity index is 439. The second kappa shape index (κ2) is 6.90. The van der Waals surface area contributed by atoms with Crippen molar-refractivity contribution in [3.05, 3.63) is 23.3 Å². The van der Waals surface area contributed by atoms with Crippen LogP contribution in [0.3, 0.4) is 0 Å². The van der Waals surface area contributed by atoms with Crippen LogP contribution in [0.15, 0.2) is 6.07 Å². The summed E-state index contributed by atoms with van der Waals surface area (Å²) in [5.41, 5.74) is 2.26. The van der Waals surface area contributed by atoms with Crippen molar-refractivity contribution in [2.75, 3.05) is 0 Å². The van der Waals surface area contributed by atoms with Gasteiger partial charge in [0.15, 0.2) is 0 Å². The molecule has 1 aromatic rings. The highest BCUT2D eigenvalue weighted by atomic mass is 32.2. The van der Waals surface area contributed by atoms with Crippen molar-refractivity contribution in [1.29, 1.82) is 0 Å². The molecule has 0 saturated heterocycles. The average molecular weight is 291 g/mol. The summed E-state index contributed by atoms with van der Waals surface area (Å²) in [5.74, 6) is 2.00. The molecule has 0 aliphatic heterocycles. The van der Waals surface area contributed by atoms with Gasteiger partial charge in [0.1, 0.15) is 5.82 Å². The van der Waals surface area contributed by atoms with E-state index in [1.165, 1.54) is 44.9 Å². The lowest BCUT2D eigenvalue weighted by Gasteiger charge is -2.20. The summed E-state index contributed by atoms with van der Waals surface area (Å²) in [5, 5.41) is 4.37. The molecular formula is C16H25N3S. The molecule has 2 fully saturated rings. The molecule has 0 aromatic carbocycles. The maximum absolute atomic E-state index is 4.72. The summed E-state index contributed by atoms with van der Waals surface area (Å²) < 4.78 is 0. The van der Waals surface area contributed by atoms with Gasteiger partial charge in [-0.15, -0.1) is 0 Å². The van der Waals surface area contributed by atoms with Crippen LogP contribution >= 0.6 is 11.8 Å². The van der Waals surface area contributed by atoms with Crippen LogP contribution in [0.4, 0.5) is 0 Å². The van der Waals surface area contributed by atoms with Gasteiger partial charge in [0.05, 0.1) is 11.4 Å². The molecule has 1 heterocycles. The lowest BCUT2D eigenvalue weighted by molar-refractivity contribution is 0.516. The number of rotatable bonds is 6. The van der Waals surface area contributed by atoms with Crippen molar-refractivity contribution >= 4 is 11.8 Å². The van der Waals surface area contributed by atoms with Crippen molar-refractivity contribution in [1.82, 2.24) is 15.3 Å². The largest absolute Gasteiger partial charge is 0.308 e. The summed E-state index contributed by atoms with van der Waals surface area (Å²) in [6.07, 6.45) is 9.66. The Kier molecular flexibility index (Phi) is 4.94. The van der Waals surface area contributed by atoms with E-state index in [9.17, 15) is 0 Å². The Morgan fingerprint density at radius 2 is 1.95 bits per heavy atom. The van der Waals surface area contributed by atoms with Gasteiger partial charge in [0.25, 0.3) is 0 Å². The minimum Gasteiger partial charge on any atom is -0.308 e. The molecule has 0 radical (unpaired) electrons. The molecule has 3 rings (SSSR count). The first-order chi connectivity index (χ1) is 9.79. The van der Waals surface area contributed by atoms with Gasteiger partial charge in [-0.25, -0.2) is 9.97 Å².